The highest BCUT2D eigenvalue weighted by Gasteiger charge is 2.18. The van der Waals surface area contributed by atoms with Gasteiger partial charge in [-0.3, -0.25) is 0 Å². The molecule has 0 aliphatic rings. The van der Waals surface area contributed by atoms with E-state index in [2.05, 4.69) is 5.32 Å². The Labute approximate surface area is 114 Å². The number of benzene rings is 1. The van der Waals surface area contributed by atoms with Gasteiger partial charge in [0, 0.05) is 6.04 Å². The number of likely N-dealkylation sites (N-methyl/N-ethyl adjacent to an activating group) is 1. The summed E-state index contributed by atoms with van der Waals surface area (Å²) in [4.78, 5) is 0. The standard InChI is InChI=1S/C13H22N2O3S/c1-3-12(15-4-2)13(16)11-7-5-10(6-8-11)9-19(14,17)18/h5-8,12-13,15-16H,3-4,9H2,1-2H3,(H2,14,17,18). The molecule has 1 aromatic carbocycles. The lowest BCUT2D eigenvalue weighted by Gasteiger charge is -2.22. The first kappa shape index (κ1) is 16.1. The van der Waals surface area contributed by atoms with Crippen molar-refractivity contribution >= 4 is 10.0 Å². The number of aliphatic hydroxyl groups is 1. The lowest BCUT2D eigenvalue weighted by molar-refractivity contribution is 0.127. The average molecular weight is 286 g/mol. The molecule has 2 atom stereocenters. The largest absolute Gasteiger partial charge is 0.387 e. The van der Waals surface area contributed by atoms with Crippen LogP contribution in [0.5, 0.6) is 0 Å². The fourth-order valence-corrected chi connectivity index (χ4v) is 2.67. The average Bonchev–Trinajstić information content (AvgIpc) is 2.34. The Morgan fingerprint density at radius 2 is 1.84 bits per heavy atom. The maximum atomic E-state index is 11.0. The summed E-state index contributed by atoms with van der Waals surface area (Å²) in [6.45, 7) is 4.79. The van der Waals surface area contributed by atoms with Crippen LogP contribution >= 0.6 is 0 Å². The van der Waals surface area contributed by atoms with Crippen molar-refractivity contribution in [1.29, 1.82) is 0 Å². The lowest BCUT2D eigenvalue weighted by Crippen LogP contribution is -2.34. The van der Waals surface area contributed by atoms with Crippen LogP contribution in [-0.4, -0.2) is 26.1 Å². The summed E-state index contributed by atoms with van der Waals surface area (Å²) in [5, 5.41) is 18.4. The maximum absolute atomic E-state index is 11.0. The topological polar surface area (TPSA) is 92.4 Å². The minimum absolute atomic E-state index is 0.00547. The predicted molar refractivity (Wildman–Crippen MR) is 76.0 cm³/mol. The van der Waals surface area contributed by atoms with Crippen LogP contribution in [0.25, 0.3) is 0 Å². The molecular formula is C13H22N2O3S. The Morgan fingerprint density at radius 1 is 1.26 bits per heavy atom. The summed E-state index contributed by atoms with van der Waals surface area (Å²) in [6.07, 6.45) is 0.210. The van der Waals surface area contributed by atoms with Crippen LogP contribution in [0, 0.1) is 0 Å². The smallest absolute Gasteiger partial charge is 0.213 e. The van der Waals surface area contributed by atoms with E-state index in [9.17, 15) is 13.5 Å². The second-order valence-corrected chi connectivity index (χ2v) is 6.18. The number of hydrogen-bond donors (Lipinski definition) is 3. The van der Waals surface area contributed by atoms with Gasteiger partial charge in [-0.15, -0.1) is 0 Å². The van der Waals surface area contributed by atoms with Crippen LogP contribution in [0.4, 0.5) is 0 Å². The van der Waals surface area contributed by atoms with Crippen molar-refractivity contribution < 1.29 is 13.5 Å². The molecule has 0 aromatic heterocycles. The van der Waals surface area contributed by atoms with Crippen LogP contribution in [0.1, 0.15) is 37.5 Å². The molecule has 0 aliphatic heterocycles. The van der Waals surface area contributed by atoms with Crippen molar-refractivity contribution in [3.63, 3.8) is 0 Å². The molecule has 6 heteroatoms. The van der Waals surface area contributed by atoms with Crippen LogP contribution in [0.2, 0.25) is 0 Å². The Balaban J connectivity index is 2.80. The number of aliphatic hydroxyl groups excluding tert-OH is 1. The second-order valence-electron chi connectivity index (χ2n) is 4.57. The SMILES string of the molecule is CCNC(CC)C(O)c1ccc(CS(N)(=O)=O)cc1. The number of primary sulfonamides is 1. The minimum Gasteiger partial charge on any atom is -0.387 e. The fraction of sp³-hybridized carbons (Fsp3) is 0.538. The van der Waals surface area contributed by atoms with Crippen molar-refractivity contribution in [2.75, 3.05) is 6.54 Å². The molecule has 0 radical (unpaired) electrons. The molecule has 0 heterocycles. The van der Waals surface area contributed by atoms with E-state index in [4.69, 9.17) is 5.14 Å². The molecule has 19 heavy (non-hydrogen) atoms. The van der Waals surface area contributed by atoms with E-state index in [1.807, 2.05) is 13.8 Å². The molecule has 0 amide bonds. The molecule has 5 nitrogen and oxygen atoms in total. The van der Waals surface area contributed by atoms with Crippen molar-refractivity contribution in [3.8, 4) is 0 Å². The molecule has 0 bridgehead atoms. The first-order valence-electron chi connectivity index (χ1n) is 6.38. The Kier molecular flexibility index (Phi) is 5.93. The molecule has 4 N–H and O–H groups in total. The van der Waals surface area contributed by atoms with Crippen molar-refractivity contribution in [3.05, 3.63) is 35.4 Å². The van der Waals surface area contributed by atoms with E-state index in [0.717, 1.165) is 18.5 Å². The van der Waals surface area contributed by atoms with Gasteiger partial charge in [0.15, 0.2) is 0 Å². The van der Waals surface area contributed by atoms with Crippen LogP contribution in [-0.2, 0) is 15.8 Å². The first-order chi connectivity index (χ1) is 8.87. The monoisotopic (exact) mass is 286 g/mol. The van der Waals surface area contributed by atoms with E-state index in [0.29, 0.717) is 5.56 Å². The van der Waals surface area contributed by atoms with E-state index in [-0.39, 0.29) is 11.8 Å². The number of hydrogen-bond acceptors (Lipinski definition) is 4. The number of nitrogens with one attached hydrogen (secondary N) is 1. The molecule has 0 spiro atoms. The van der Waals surface area contributed by atoms with Gasteiger partial charge in [0.1, 0.15) is 0 Å². The van der Waals surface area contributed by atoms with Crippen molar-refractivity contribution in [1.82, 2.24) is 5.32 Å². The van der Waals surface area contributed by atoms with Crippen molar-refractivity contribution in [2.45, 2.75) is 38.2 Å². The summed E-state index contributed by atoms with van der Waals surface area (Å²) >= 11 is 0. The summed E-state index contributed by atoms with van der Waals surface area (Å²) in [5.41, 5.74) is 1.39. The van der Waals surface area contributed by atoms with Crippen LogP contribution < -0.4 is 10.5 Å². The molecule has 1 aromatic rings. The Bertz CT molecular complexity index is 485. The van der Waals surface area contributed by atoms with Gasteiger partial charge in [-0.25, -0.2) is 13.6 Å². The van der Waals surface area contributed by atoms with Gasteiger partial charge in [0.2, 0.25) is 10.0 Å². The molecule has 0 fully saturated rings. The van der Waals surface area contributed by atoms with Gasteiger partial charge < -0.3 is 10.4 Å². The summed E-state index contributed by atoms with van der Waals surface area (Å²) in [7, 11) is -3.51. The van der Waals surface area contributed by atoms with E-state index in [1.165, 1.54) is 0 Å². The highest BCUT2D eigenvalue weighted by Crippen LogP contribution is 2.19. The summed E-state index contributed by atoms with van der Waals surface area (Å²) < 4.78 is 22.0. The molecule has 108 valence electrons. The maximum Gasteiger partial charge on any atom is 0.213 e. The number of rotatable bonds is 7. The number of nitrogens with two attached hydrogens (primary N) is 1. The molecule has 2 unspecified atom stereocenters. The van der Waals surface area contributed by atoms with Gasteiger partial charge in [-0.2, -0.15) is 0 Å². The highest BCUT2D eigenvalue weighted by atomic mass is 32.2. The minimum atomic E-state index is -3.51. The zero-order valence-corrected chi connectivity index (χ0v) is 12.2. The third kappa shape index (κ3) is 5.28. The van der Waals surface area contributed by atoms with E-state index < -0.39 is 16.1 Å². The lowest BCUT2D eigenvalue weighted by atomic mass is 9.99. The molecule has 1 rings (SSSR count). The van der Waals surface area contributed by atoms with Crippen molar-refractivity contribution in [2.24, 2.45) is 5.14 Å². The van der Waals surface area contributed by atoms with Crippen LogP contribution in [0.15, 0.2) is 24.3 Å². The highest BCUT2D eigenvalue weighted by molar-refractivity contribution is 7.88. The Morgan fingerprint density at radius 3 is 2.26 bits per heavy atom. The molecule has 0 saturated carbocycles. The van der Waals surface area contributed by atoms with Gasteiger partial charge >= 0.3 is 0 Å². The summed E-state index contributed by atoms with van der Waals surface area (Å²) in [6, 6.07) is 6.84. The van der Waals surface area contributed by atoms with E-state index >= 15 is 0 Å². The van der Waals surface area contributed by atoms with Gasteiger partial charge in [-0.05, 0) is 24.1 Å². The zero-order valence-electron chi connectivity index (χ0n) is 11.3. The third-order valence-electron chi connectivity index (χ3n) is 2.98. The van der Waals surface area contributed by atoms with Crippen LogP contribution in [0.3, 0.4) is 0 Å². The predicted octanol–water partition coefficient (Wildman–Crippen LogP) is 0.897. The van der Waals surface area contributed by atoms with Gasteiger partial charge in [0.05, 0.1) is 11.9 Å². The van der Waals surface area contributed by atoms with E-state index in [1.54, 1.807) is 24.3 Å². The molecular weight excluding hydrogens is 264 g/mol. The summed E-state index contributed by atoms with van der Waals surface area (Å²) in [5.74, 6) is -0.187. The zero-order chi connectivity index (χ0) is 14.5. The molecule has 0 saturated heterocycles. The van der Waals surface area contributed by atoms with Gasteiger partial charge in [0.25, 0.3) is 0 Å². The second kappa shape index (κ2) is 7.00. The normalized spacial score (nSPS) is 15.2. The fourth-order valence-electron chi connectivity index (χ4n) is 2.02. The third-order valence-corrected chi connectivity index (χ3v) is 3.71. The number of sulfonamides is 1. The van der Waals surface area contributed by atoms with Gasteiger partial charge in [-0.1, -0.05) is 38.1 Å². The Hall–Kier alpha value is -0.950. The first-order valence-corrected chi connectivity index (χ1v) is 8.09. The quantitative estimate of drug-likeness (QED) is 0.694. The molecule has 0 aliphatic carbocycles.